The first kappa shape index (κ1) is 16.4. The molecule has 0 bridgehead atoms. The fourth-order valence-corrected chi connectivity index (χ4v) is 5.85. The maximum atomic E-state index is 13.0. The van der Waals surface area contributed by atoms with Crippen LogP contribution in [0.2, 0.25) is 5.02 Å². The SMILES string of the molecule is O=C1N(Cc2cccc(Cl)c2)[C@H]2CS(=O)(=O)C[C@@H]2N1c1ccccc1. The summed E-state index contributed by atoms with van der Waals surface area (Å²) in [4.78, 5) is 16.3. The third-order valence-corrected chi connectivity index (χ3v) is 6.69. The molecule has 130 valence electrons. The Hall–Kier alpha value is -2.05. The van der Waals surface area contributed by atoms with E-state index in [1.54, 1.807) is 21.9 Å². The lowest BCUT2D eigenvalue weighted by molar-refractivity contribution is 0.206. The smallest absolute Gasteiger partial charge is 0.314 e. The number of anilines is 1. The van der Waals surface area contributed by atoms with E-state index in [0.717, 1.165) is 11.3 Å². The summed E-state index contributed by atoms with van der Waals surface area (Å²) < 4.78 is 24.4. The first-order valence-electron chi connectivity index (χ1n) is 8.04. The molecule has 2 amide bonds. The zero-order valence-corrected chi connectivity index (χ0v) is 14.9. The number of hydrogen-bond acceptors (Lipinski definition) is 3. The fraction of sp³-hybridized carbons (Fsp3) is 0.278. The van der Waals surface area contributed by atoms with E-state index in [1.165, 1.54) is 0 Å². The molecular formula is C18H17ClN2O3S. The van der Waals surface area contributed by atoms with Gasteiger partial charge in [-0.15, -0.1) is 0 Å². The van der Waals surface area contributed by atoms with Gasteiger partial charge in [0.05, 0.1) is 23.6 Å². The summed E-state index contributed by atoms with van der Waals surface area (Å²) in [6.07, 6.45) is 0. The van der Waals surface area contributed by atoms with E-state index in [1.807, 2.05) is 42.5 Å². The zero-order valence-electron chi connectivity index (χ0n) is 13.4. The highest BCUT2D eigenvalue weighted by atomic mass is 35.5. The predicted molar refractivity (Wildman–Crippen MR) is 97.5 cm³/mol. The van der Waals surface area contributed by atoms with Crippen LogP contribution in [0, 0.1) is 0 Å². The lowest BCUT2D eigenvalue weighted by Crippen LogP contribution is -2.37. The first-order valence-corrected chi connectivity index (χ1v) is 10.2. The summed E-state index contributed by atoms with van der Waals surface area (Å²) in [7, 11) is -3.16. The van der Waals surface area contributed by atoms with Crippen molar-refractivity contribution >= 4 is 33.2 Å². The molecule has 2 aromatic carbocycles. The maximum Gasteiger partial charge on any atom is 0.325 e. The van der Waals surface area contributed by atoms with Crippen LogP contribution < -0.4 is 4.90 Å². The molecule has 2 aromatic rings. The minimum Gasteiger partial charge on any atom is -0.314 e. The van der Waals surface area contributed by atoms with E-state index >= 15 is 0 Å². The van der Waals surface area contributed by atoms with Crippen LogP contribution >= 0.6 is 11.6 Å². The third-order valence-electron chi connectivity index (χ3n) is 4.75. The Morgan fingerprint density at radius 2 is 1.72 bits per heavy atom. The standard InChI is InChI=1S/C18H17ClN2O3S/c19-14-6-4-5-13(9-14)10-20-16-11-25(23,24)12-17(16)21(18(20)22)15-7-2-1-3-8-15/h1-9,16-17H,10-12H2/t16-,17-/m0/s1. The van der Waals surface area contributed by atoms with Crippen molar-refractivity contribution in [3.63, 3.8) is 0 Å². The molecule has 2 aliphatic rings. The molecule has 2 atom stereocenters. The molecule has 7 heteroatoms. The topological polar surface area (TPSA) is 57.7 Å². The van der Waals surface area contributed by atoms with Gasteiger partial charge in [0, 0.05) is 17.3 Å². The second kappa shape index (κ2) is 6.04. The highest BCUT2D eigenvalue weighted by Crippen LogP contribution is 2.35. The third kappa shape index (κ3) is 3.00. The van der Waals surface area contributed by atoms with Crippen molar-refractivity contribution < 1.29 is 13.2 Å². The number of para-hydroxylation sites is 1. The van der Waals surface area contributed by atoms with Crippen LogP contribution in [0.4, 0.5) is 10.5 Å². The summed E-state index contributed by atoms with van der Waals surface area (Å²) in [5, 5.41) is 0.597. The van der Waals surface area contributed by atoms with Gasteiger partial charge in [0.25, 0.3) is 0 Å². The number of halogens is 1. The van der Waals surface area contributed by atoms with E-state index < -0.39 is 9.84 Å². The van der Waals surface area contributed by atoms with E-state index in [-0.39, 0.29) is 29.6 Å². The lowest BCUT2D eigenvalue weighted by Gasteiger charge is -2.22. The summed E-state index contributed by atoms with van der Waals surface area (Å²) >= 11 is 6.04. The molecule has 4 rings (SSSR count). The van der Waals surface area contributed by atoms with E-state index in [4.69, 9.17) is 11.6 Å². The molecule has 0 radical (unpaired) electrons. The Kier molecular flexibility index (Phi) is 3.96. The molecule has 2 fully saturated rings. The van der Waals surface area contributed by atoms with Crippen LogP contribution in [0.25, 0.3) is 0 Å². The Morgan fingerprint density at radius 3 is 2.44 bits per heavy atom. The number of carbonyl (C=O) groups excluding carboxylic acids is 1. The number of nitrogens with zero attached hydrogens (tertiary/aromatic N) is 2. The second-order valence-electron chi connectivity index (χ2n) is 6.46. The molecule has 0 spiro atoms. The van der Waals surface area contributed by atoms with Gasteiger partial charge in [-0.3, -0.25) is 4.90 Å². The number of sulfone groups is 1. The predicted octanol–water partition coefficient (Wildman–Crippen LogP) is 2.95. The molecule has 0 unspecified atom stereocenters. The van der Waals surface area contributed by atoms with Crippen molar-refractivity contribution in [1.29, 1.82) is 0 Å². The lowest BCUT2D eigenvalue weighted by atomic mass is 10.1. The van der Waals surface area contributed by atoms with Crippen LogP contribution in [0.5, 0.6) is 0 Å². The minimum atomic E-state index is -3.16. The van der Waals surface area contributed by atoms with Gasteiger partial charge in [-0.25, -0.2) is 13.2 Å². The molecule has 2 heterocycles. The summed E-state index contributed by atoms with van der Waals surface area (Å²) in [6.45, 7) is 0.347. The quantitative estimate of drug-likeness (QED) is 0.774. The van der Waals surface area contributed by atoms with Crippen molar-refractivity contribution in [2.75, 3.05) is 16.4 Å². The highest BCUT2D eigenvalue weighted by molar-refractivity contribution is 7.91. The van der Waals surface area contributed by atoms with Crippen molar-refractivity contribution in [3.05, 3.63) is 65.2 Å². The van der Waals surface area contributed by atoms with Crippen LogP contribution in [-0.2, 0) is 16.4 Å². The van der Waals surface area contributed by atoms with Crippen LogP contribution in [0.1, 0.15) is 5.56 Å². The molecule has 0 aromatic heterocycles. The molecule has 0 aliphatic carbocycles. The van der Waals surface area contributed by atoms with Gasteiger partial charge in [0.2, 0.25) is 0 Å². The van der Waals surface area contributed by atoms with Crippen molar-refractivity contribution in [1.82, 2.24) is 4.90 Å². The summed E-state index contributed by atoms with van der Waals surface area (Å²) in [5.74, 6) is 0.0116. The highest BCUT2D eigenvalue weighted by Gasteiger charge is 2.53. The van der Waals surface area contributed by atoms with Crippen LogP contribution in [0.15, 0.2) is 54.6 Å². The minimum absolute atomic E-state index is 0.00431. The van der Waals surface area contributed by atoms with Gasteiger partial charge in [-0.05, 0) is 29.8 Å². The van der Waals surface area contributed by atoms with Crippen LogP contribution in [0.3, 0.4) is 0 Å². The number of hydrogen-bond donors (Lipinski definition) is 0. The van der Waals surface area contributed by atoms with Crippen molar-refractivity contribution in [3.8, 4) is 0 Å². The molecule has 2 saturated heterocycles. The number of urea groups is 1. The molecule has 5 nitrogen and oxygen atoms in total. The van der Waals surface area contributed by atoms with Crippen molar-refractivity contribution in [2.45, 2.75) is 18.6 Å². The molecule has 2 aliphatic heterocycles. The van der Waals surface area contributed by atoms with Gasteiger partial charge in [-0.2, -0.15) is 0 Å². The maximum absolute atomic E-state index is 13.0. The number of fused-ring (bicyclic) bond motifs is 1. The fourth-order valence-electron chi connectivity index (χ4n) is 3.68. The number of benzene rings is 2. The average molecular weight is 377 g/mol. The largest absolute Gasteiger partial charge is 0.325 e. The molecule has 0 saturated carbocycles. The second-order valence-corrected chi connectivity index (χ2v) is 9.05. The molecule has 0 N–H and O–H groups in total. The van der Waals surface area contributed by atoms with Gasteiger partial charge in [-0.1, -0.05) is 41.9 Å². The monoisotopic (exact) mass is 376 g/mol. The van der Waals surface area contributed by atoms with Gasteiger partial charge < -0.3 is 4.90 Å². The number of carbonyl (C=O) groups is 1. The molecule has 25 heavy (non-hydrogen) atoms. The Labute approximate surface area is 151 Å². The average Bonchev–Trinajstić information content (AvgIpc) is 3.00. The van der Waals surface area contributed by atoms with E-state index in [9.17, 15) is 13.2 Å². The van der Waals surface area contributed by atoms with Gasteiger partial charge in [0.1, 0.15) is 0 Å². The summed E-state index contributed by atoms with van der Waals surface area (Å²) in [5.41, 5.74) is 1.62. The first-order chi connectivity index (χ1) is 11.9. The van der Waals surface area contributed by atoms with Gasteiger partial charge >= 0.3 is 6.03 Å². The molecular weight excluding hydrogens is 360 g/mol. The number of rotatable bonds is 3. The van der Waals surface area contributed by atoms with E-state index in [2.05, 4.69) is 0 Å². The van der Waals surface area contributed by atoms with Gasteiger partial charge in [0.15, 0.2) is 9.84 Å². The Morgan fingerprint density at radius 1 is 1.00 bits per heavy atom. The Balaban J connectivity index is 1.71. The zero-order chi connectivity index (χ0) is 17.6. The van der Waals surface area contributed by atoms with Crippen molar-refractivity contribution in [2.24, 2.45) is 0 Å². The normalized spacial score (nSPS) is 24.6. The summed E-state index contributed by atoms with van der Waals surface area (Å²) in [6, 6.07) is 15.7. The number of amides is 2. The van der Waals surface area contributed by atoms with Crippen LogP contribution in [-0.4, -0.2) is 42.9 Å². The van der Waals surface area contributed by atoms with E-state index in [0.29, 0.717) is 11.6 Å². The Bertz CT molecular complexity index is 917.